The molecule has 0 atom stereocenters. The highest BCUT2D eigenvalue weighted by atomic mass is 79.9. The van der Waals surface area contributed by atoms with Crippen LogP contribution in [-0.4, -0.2) is 19.5 Å². The Hall–Kier alpha value is -5.01. The summed E-state index contributed by atoms with van der Waals surface area (Å²) in [5.74, 6) is 0. The largest absolute Gasteiger partial charge is 0.346 e. The van der Waals surface area contributed by atoms with Crippen molar-refractivity contribution in [1.29, 1.82) is 0 Å². The molecule has 276 valence electrons. The van der Waals surface area contributed by atoms with Crippen molar-refractivity contribution >= 4 is 56.3 Å². The van der Waals surface area contributed by atoms with Gasteiger partial charge in [0, 0.05) is 49.7 Å². The molecule has 0 amide bonds. The lowest BCUT2D eigenvalue weighted by Gasteiger charge is -2.27. The molecule has 7 rings (SSSR count). The normalized spacial score (nSPS) is 13.2. The Kier molecular flexibility index (Phi) is 12.2. The van der Waals surface area contributed by atoms with Crippen LogP contribution in [0.5, 0.6) is 0 Å². The molecule has 6 heteroatoms. The standard InChI is InChI=1S/C25H27NO2.C23H22BrNO/c1-25(2,3)20-11-15-23(16-12-20)26(21-7-5-4-6-8-21)22-13-9-19(10-14-22)24-27-17-18-28-24;1-23(2,3)18-6-12-21(13-7-18)25(22-14-8-19(24)9-15-22)20-10-4-17(16-26)5-11-20/h4-16,24H,17-18H2,1-3H3;4-16H,1-3H3. The van der Waals surface area contributed by atoms with Crippen molar-refractivity contribution in [2.45, 2.75) is 58.7 Å². The molecular formula is C48H49BrN2O3. The van der Waals surface area contributed by atoms with Crippen LogP contribution in [0.1, 0.15) is 74.9 Å². The van der Waals surface area contributed by atoms with Gasteiger partial charge in [-0.3, -0.25) is 4.79 Å². The molecule has 0 bridgehead atoms. The predicted molar refractivity (Wildman–Crippen MR) is 227 cm³/mol. The van der Waals surface area contributed by atoms with Crippen LogP contribution in [0.15, 0.2) is 156 Å². The van der Waals surface area contributed by atoms with Crippen LogP contribution in [0.4, 0.5) is 34.1 Å². The van der Waals surface area contributed by atoms with Gasteiger partial charge in [-0.15, -0.1) is 0 Å². The third-order valence-corrected chi connectivity index (χ3v) is 9.94. The van der Waals surface area contributed by atoms with Gasteiger partial charge in [0.05, 0.1) is 13.2 Å². The molecule has 1 aliphatic heterocycles. The summed E-state index contributed by atoms with van der Waals surface area (Å²) in [5, 5.41) is 0. The first-order valence-corrected chi connectivity index (χ1v) is 19.2. The number of hydrogen-bond acceptors (Lipinski definition) is 5. The zero-order valence-electron chi connectivity index (χ0n) is 32.0. The molecule has 0 saturated carbocycles. The summed E-state index contributed by atoms with van der Waals surface area (Å²) in [5.41, 5.74) is 11.2. The second-order valence-corrected chi connectivity index (χ2v) is 16.4. The second kappa shape index (κ2) is 17.0. The van der Waals surface area contributed by atoms with Crippen LogP contribution in [0.25, 0.3) is 0 Å². The first-order valence-electron chi connectivity index (χ1n) is 18.4. The molecule has 0 radical (unpaired) electrons. The average Bonchev–Trinajstić information content (AvgIpc) is 3.72. The topological polar surface area (TPSA) is 42.0 Å². The summed E-state index contributed by atoms with van der Waals surface area (Å²) >= 11 is 3.50. The molecule has 6 aromatic rings. The number of ether oxygens (including phenoxy) is 2. The number of nitrogens with zero attached hydrogens (tertiary/aromatic N) is 2. The van der Waals surface area contributed by atoms with Crippen molar-refractivity contribution in [3.05, 3.63) is 178 Å². The fourth-order valence-corrected chi connectivity index (χ4v) is 6.58. The third kappa shape index (κ3) is 9.55. The quantitative estimate of drug-likeness (QED) is 0.144. The minimum atomic E-state index is -0.245. The van der Waals surface area contributed by atoms with E-state index in [4.69, 9.17) is 9.47 Å². The van der Waals surface area contributed by atoms with Gasteiger partial charge in [-0.2, -0.15) is 0 Å². The van der Waals surface area contributed by atoms with Crippen LogP contribution >= 0.6 is 15.9 Å². The highest BCUT2D eigenvalue weighted by Gasteiger charge is 2.20. The van der Waals surface area contributed by atoms with Crippen molar-refractivity contribution < 1.29 is 14.3 Å². The number of aldehydes is 1. The number of hydrogen-bond donors (Lipinski definition) is 0. The lowest BCUT2D eigenvalue weighted by molar-refractivity contribution is -0.0441. The van der Waals surface area contributed by atoms with Crippen molar-refractivity contribution in [1.82, 2.24) is 0 Å². The number of rotatable bonds is 8. The van der Waals surface area contributed by atoms with E-state index in [-0.39, 0.29) is 17.1 Å². The number of para-hydroxylation sites is 1. The molecule has 0 unspecified atom stereocenters. The lowest BCUT2D eigenvalue weighted by Crippen LogP contribution is -2.13. The van der Waals surface area contributed by atoms with Crippen LogP contribution in [0, 0.1) is 0 Å². The van der Waals surface area contributed by atoms with Gasteiger partial charge in [0.1, 0.15) is 6.29 Å². The summed E-state index contributed by atoms with van der Waals surface area (Å²) in [6.07, 6.45) is 0.622. The molecule has 1 heterocycles. The van der Waals surface area contributed by atoms with Crippen molar-refractivity contribution in [3.8, 4) is 0 Å². The number of benzene rings is 6. The predicted octanol–water partition coefficient (Wildman–Crippen LogP) is 13.5. The smallest absolute Gasteiger partial charge is 0.184 e. The third-order valence-electron chi connectivity index (χ3n) is 9.41. The first kappa shape index (κ1) is 38.7. The van der Waals surface area contributed by atoms with E-state index in [2.05, 4.69) is 176 Å². The summed E-state index contributed by atoms with van der Waals surface area (Å²) in [4.78, 5) is 15.4. The van der Waals surface area contributed by atoms with Gasteiger partial charge < -0.3 is 19.3 Å². The molecule has 6 aromatic carbocycles. The minimum Gasteiger partial charge on any atom is -0.346 e. The van der Waals surface area contributed by atoms with E-state index >= 15 is 0 Å². The number of halogens is 1. The average molecular weight is 782 g/mol. The second-order valence-electron chi connectivity index (χ2n) is 15.5. The Morgan fingerprint density at radius 2 is 0.852 bits per heavy atom. The molecule has 54 heavy (non-hydrogen) atoms. The lowest BCUT2D eigenvalue weighted by atomic mass is 9.87. The molecule has 0 aromatic heterocycles. The van der Waals surface area contributed by atoms with Gasteiger partial charge in [0.2, 0.25) is 0 Å². The Morgan fingerprint density at radius 1 is 0.500 bits per heavy atom. The first-order chi connectivity index (χ1) is 25.9. The van der Waals surface area contributed by atoms with Gasteiger partial charge >= 0.3 is 0 Å². The fraction of sp³-hybridized carbons (Fsp3) is 0.229. The molecule has 1 aliphatic rings. The highest BCUT2D eigenvalue weighted by molar-refractivity contribution is 9.10. The molecule has 1 fully saturated rings. The zero-order chi connectivity index (χ0) is 38.3. The van der Waals surface area contributed by atoms with E-state index in [1.807, 2.05) is 42.5 Å². The monoisotopic (exact) mass is 780 g/mol. The van der Waals surface area contributed by atoms with Crippen LogP contribution in [0.3, 0.4) is 0 Å². The summed E-state index contributed by atoms with van der Waals surface area (Å²) < 4.78 is 12.3. The maximum Gasteiger partial charge on any atom is 0.184 e. The minimum absolute atomic E-state index is 0.118. The van der Waals surface area contributed by atoms with Crippen molar-refractivity contribution in [2.24, 2.45) is 0 Å². The molecule has 0 spiro atoms. The molecular weight excluding hydrogens is 732 g/mol. The van der Waals surface area contributed by atoms with Gasteiger partial charge in [-0.05, 0) is 119 Å². The van der Waals surface area contributed by atoms with Gasteiger partial charge in [-0.1, -0.05) is 112 Å². The Labute approximate surface area is 329 Å². The number of carbonyl (C=O) groups excluding carboxylic acids is 1. The van der Waals surface area contributed by atoms with E-state index in [1.165, 1.54) is 11.1 Å². The van der Waals surface area contributed by atoms with Gasteiger partial charge in [0.15, 0.2) is 6.29 Å². The number of carbonyl (C=O) groups is 1. The maximum atomic E-state index is 11.0. The Bertz CT molecular complexity index is 2080. The van der Waals surface area contributed by atoms with Crippen molar-refractivity contribution in [2.75, 3.05) is 23.0 Å². The summed E-state index contributed by atoms with van der Waals surface area (Å²) in [7, 11) is 0. The van der Waals surface area contributed by atoms with Crippen LogP contribution in [0.2, 0.25) is 0 Å². The van der Waals surface area contributed by atoms with E-state index in [1.54, 1.807) is 0 Å². The Morgan fingerprint density at radius 3 is 1.24 bits per heavy atom. The molecule has 0 N–H and O–H groups in total. The fourth-order valence-electron chi connectivity index (χ4n) is 6.32. The van der Waals surface area contributed by atoms with E-state index < -0.39 is 0 Å². The van der Waals surface area contributed by atoms with Crippen LogP contribution < -0.4 is 9.80 Å². The van der Waals surface area contributed by atoms with E-state index in [0.717, 1.165) is 50.4 Å². The zero-order valence-corrected chi connectivity index (χ0v) is 33.6. The SMILES string of the molecule is CC(C)(C)c1ccc(N(c2ccc(Br)cc2)c2ccc(C=O)cc2)cc1.CC(C)(C)c1ccc(N(c2ccccc2)c2ccc(C3OCCO3)cc2)cc1. The highest BCUT2D eigenvalue weighted by Crippen LogP contribution is 2.38. The van der Waals surface area contributed by atoms with E-state index in [0.29, 0.717) is 18.8 Å². The summed E-state index contributed by atoms with van der Waals surface area (Å²) in [6.45, 7) is 14.7. The molecule has 0 aliphatic carbocycles. The van der Waals surface area contributed by atoms with Crippen molar-refractivity contribution in [3.63, 3.8) is 0 Å². The Balaban J connectivity index is 0.000000185. The van der Waals surface area contributed by atoms with E-state index in [9.17, 15) is 4.79 Å². The molecule has 1 saturated heterocycles. The van der Waals surface area contributed by atoms with Gasteiger partial charge in [0.25, 0.3) is 0 Å². The maximum absolute atomic E-state index is 11.0. The van der Waals surface area contributed by atoms with Gasteiger partial charge in [-0.25, -0.2) is 0 Å². The molecule has 5 nitrogen and oxygen atoms in total. The summed E-state index contributed by atoms with van der Waals surface area (Å²) in [6, 6.07) is 52.3. The van der Waals surface area contributed by atoms with Crippen LogP contribution in [-0.2, 0) is 20.3 Å². The number of anilines is 6.